The highest BCUT2D eigenvalue weighted by Gasteiger charge is 2.17. The summed E-state index contributed by atoms with van der Waals surface area (Å²) < 4.78 is 13.5. The van der Waals surface area contributed by atoms with E-state index >= 15 is 0 Å². The Kier molecular flexibility index (Phi) is 5.98. The summed E-state index contributed by atoms with van der Waals surface area (Å²) in [5.74, 6) is -0.394. The summed E-state index contributed by atoms with van der Waals surface area (Å²) in [6, 6.07) is 6.04. The van der Waals surface area contributed by atoms with Crippen LogP contribution in [0.3, 0.4) is 0 Å². The van der Waals surface area contributed by atoms with Crippen LogP contribution >= 0.6 is 11.6 Å². The standard InChI is InChI=1S/C13H17ClFNO/c1-2-3-9-16(10-8-14)13(17)11-6-4-5-7-12(11)15/h4-7H,2-3,8-10H2,1H3. The summed E-state index contributed by atoms with van der Waals surface area (Å²) >= 11 is 5.66. The average molecular weight is 258 g/mol. The van der Waals surface area contributed by atoms with E-state index in [1.54, 1.807) is 17.0 Å². The van der Waals surface area contributed by atoms with Gasteiger partial charge in [0.1, 0.15) is 5.82 Å². The number of carbonyl (C=O) groups is 1. The summed E-state index contributed by atoms with van der Waals surface area (Å²) in [6.45, 7) is 3.12. The number of hydrogen-bond acceptors (Lipinski definition) is 1. The van der Waals surface area contributed by atoms with Crippen molar-refractivity contribution in [3.05, 3.63) is 35.6 Å². The highest BCUT2D eigenvalue weighted by molar-refractivity contribution is 6.18. The Morgan fingerprint density at radius 3 is 2.65 bits per heavy atom. The quantitative estimate of drug-likeness (QED) is 0.716. The minimum atomic E-state index is -0.478. The molecule has 0 fully saturated rings. The van der Waals surface area contributed by atoms with Gasteiger partial charge in [-0.2, -0.15) is 0 Å². The SMILES string of the molecule is CCCCN(CCCl)C(=O)c1ccccc1F. The predicted octanol–water partition coefficient (Wildman–Crippen LogP) is 3.31. The van der Waals surface area contributed by atoms with Crippen LogP contribution in [0.4, 0.5) is 4.39 Å². The van der Waals surface area contributed by atoms with E-state index in [1.807, 2.05) is 6.92 Å². The van der Waals surface area contributed by atoms with Crippen LogP contribution in [0.25, 0.3) is 0 Å². The van der Waals surface area contributed by atoms with E-state index < -0.39 is 5.82 Å². The van der Waals surface area contributed by atoms with Gasteiger partial charge in [0.2, 0.25) is 0 Å². The van der Waals surface area contributed by atoms with Crippen molar-refractivity contribution in [2.75, 3.05) is 19.0 Å². The highest BCUT2D eigenvalue weighted by atomic mass is 35.5. The molecule has 2 nitrogen and oxygen atoms in total. The van der Waals surface area contributed by atoms with Crippen molar-refractivity contribution < 1.29 is 9.18 Å². The first-order valence-electron chi connectivity index (χ1n) is 5.80. The molecule has 1 aromatic carbocycles. The van der Waals surface area contributed by atoms with Crippen LogP contribution in [0.1, 0.15) is 30.1 Å². The molecule has 1 rings (SSSR count). The molecule has 0 atom stereocenters. The molecule has 0 saturated heterocycles. The molecule has 0 bridgehead atoms. The van der Waals surface area contributed by atoms with Gasteiger partial charge in [-0.1, -0.05) is 25.5 Å². The van der Waals surface area contributed by atoms with Gasteiger partial charge in [0.25, 0.3) is 5.91 Å². The second-order valence-electron chi connectivity index (χ2n) is 3.81. The molecule has 0 aromatic heterocycles. The number of halogens is 2. The van der Waals surface area contributed by atoms with Crippen LogP contribution in [0.15, 0.2) is 24.3 Å². The smallest absolute Gasteiger partial charge is 0.256 e. The largest absolute Gasteiger partial charge is 0.337 e. The van der Waals surface area contributed by atoms with Gasteiger partial charge in [-0.15, -0.1) is 11.6 Å². The van der Waals surface area contributed by atoms with Crippen molar-refractivity contribution in [3.63, 3.8) is 0 Å². The van der Waals surface area contributed by atoms with Crippen LogP contribution in [0.5, 0.6) is 0 Å². The minimum absolute atomic E-state index is 0.119. The summed E-state index contributed by atoms with van der Waals surface area (Å²) in [7, 11) is 0. The van der Waals surface area contributed by atoms with E-state index in [4.69, 9.17) is 11.6 Å². The van der Waals surface area contributed by atoms with E-state index in [2.05, 4.69) is 0 Å². The molecule has 1 aromatic rings. The fraction of sp³-hybridized carbons (Fsp3) is 0.462. The van der Waals surface area contributed by atoms with Gasteiger partial charge < -0.3 is 4.90 Å². The molecule has 1 amide bonds. The molecule has 0 N–H and O–H groups in total. The fourth-order valence-corrected chi connectivity index (χ4v) is 1.77. The van der Waals surface area contributed by atoms with Gasteiger partial charge in [0.05, 0.1) is 5.56 Å². The third-order valence-electron chi connectivity index (χ3n) is 2.53. The maximum absolute atomic E-state index is 13.5. The summed E-state index contributed by atoms with van der Waals surface area (Å²) in [5, 5.41) is 0. The maximum Gasteiger partial charge on any atom is 0.256 e. The Balaban J connectivity index is 2.80. The highest BCUT2D eigenvalue weighted by Crippen LogP contribution is 2.11. The fourth-order valence-electron chi connectivity index (χ4n) is 1.57. The van der Waals surface area contributed by atoms with Crippen molar-refractivity contribution in [1.82, 2.24) is 4.90 Å². The second kappa shape index (κ2) is 7.28. The third-order valence-corrected chi connectivity index (χ3v) is 2.70. The van der Waals surface area contributed by atoms with E-state index in [1.165, 1.54) is 12.1 Å². The molecular formula is C13H17ClFNO. The van der Waals surface area contributed by atoms with Crippen LogP contribution in [0, 0.1) is 5.82 Å². The van der Waals surface area contributed by atoms with Gasteiger partial charge in [0, 0.05) is 19.0 Å². The first-order chi connectivity index (χ1) is 8.20. The van der Waals surface area contributed by atoms with Crippen molar-refractivity contribution >= 4 is 17.5 Å². The number of alkyl halides is 1. The van der Waals surface area contributed by atoms with Crippen LogP contribution in [-0.2, 0) is 0 Å². The number of unbranched alkanes of at least 4 members (excludes halogenated alkanes) is 1. The lowest BCUT2D eigenvalue weighted by atomic mass is 10.1. The molecule has 4 heteroatoms. The molecule has 0 saturated carbocycles. The van der Waals surface area contributed by atoms with Crippen molar-refractivity contribution in [1.29, 1.82) is 0 Å². The normalized spacial score (nSPS) is 10.3. The summed E-state index contributed by atoms with van der Waals surface area (Å²) in [4.78, 5) is 13.7. The lowest BCUT2D eigenvalue weighted by Crippen LogP contribution is -2.34. The number of nitrogens with zero attached hydrogens (tertiary/aromatic N) is 1. The molecule has 0 spiro atoms. The van der Waals surface area contributed by atoms with Crippen LogP contribution in [-0.4, -0.2) is 29.8 Å². The summed E-state index contributed by atoms with van der Waals surface area (Å²) in [6.07, 6.45) is 1.89. The molecular weight excluding hydrogens is 241 g/mol. The zero-order valence-corrected chi connectivity index (χ0v) is 10.7. The minimum Gasteiger partial charge on any atom is -0.337 e. The Labute approximate surface area is 106 Å². The zero-order valence-electron chi connectivity index (χ0n) is 9.96. The molecule has 0 aliphatic rings. The Bertz CT molecular complexity index is 370. The second-order valence-corrected chi connectivity index (χ2v) is 4.19. The monoisotopic (exact) mass is 257 g/mol. The van der Waals surface area contributed by atoms with Gasteiger partial charge in [0.15, 0.2) is 0 Å². The van der Waals surface area contributed by atoms with E-state index in [-0.39, 0.29) is 11.5 Å². The topological polar surface area (TPSA) is 20.3 Å². The number of carbonyl (C=O) groups excluding carboxylic acids is 1. The summed E-state index contributed by atoms with van der Waals surface area (Å²) in [5.41, 5.74) is 0.119. The Morgan fingerprint density at radius 1 is 1.35 bits per heavy atom. The van der Waals surface area contributed by atoms with Gasteiger partial charge in [-0.05, 0) is 18.6 Å². The van der Waals surface area contributed by atoms with Crippen molar-refractivity contribution in [2.45, 2.75) is 19.8 Å². The lowest BCUT2D eigenvalue weighted by Gasteiger charge is -2.21. The van der Waals surface area contributed by atoms with E-state index in [9.17, 15) is 9.18 Å². The average Bonchev–Trinajstić information content (AvgIpc) is 2.34. The van der Waals surface area contributed by atoms with Crippen molar-refractivity contribution in [3.8, 4) is 0 Å². The molecule has 94 valence electrons. The molecule has 0 aliphatic carbocycles. The first-order valence-corrected chi connectivity index (χ1v) is 6.34. The van der Waals surface area contributed by atoms with Gasteiger partial charge >= 0.3 is 0 Å². The number of benzene rings is 1. The Morgan fingerprint density at radius 2 is 2.06 bits per heavy atom. The molecule has 0 unspecified atom stereocenters. The lowest BCUT2D eigenvalue weighted by molar-refractivity contribution is 0.0758. The van der Waals surface area contributed by atoms with Crippen molar-refractivity contribution in [2.24, 2.45) is 0 Å². The van der Waals surface area contributed by atoms with Gasteiger partial charge in [-0.3, -0.25) is 4.79 Å². The molecule has 0 heterocycles. The zero-order chi connectivity index (χ0) is 12.7. The number of amides is 1. The predicted molar refractivity (Wildman–Crippen MR) is 67.9 cm³/mol. The Hall–Kier alpha value is -1.09. The molecule has 17 heavy (non-hydrogen) atoms. The van der Waals surface area contributed by atoms with Crippen LogP contribution in [0.2, 0.25) is 0 Å². The molecule has 0 radical (unpaired) electrons. The number of hydrogen-bond donors (Lipinski definition) is 0. The van der Waals surface area contributed by atoms with E-state index in [0.717, 1.165) is 12.8 Å². The first kappa shape index (κ1) is 14.0. The maximum atomic E-state index is 13.5. The third kappa shape index (κ3) is 4.00. The molecule has 0 aliphatic heterocycles. The number of rotatable bonds is 6. The van der Waals surface area contributed by atoms with Gasteiger partial charge in [-0.25, -0.2) is 4.39 Å². The van der Waals surface area contributed by atoms with Crippen LogP contribution < -0.4 is 0 Å². The van der Waals surface area contributed by atoms with E-state index in [0.29, 0.717) is 19.0 Å².